The molecule has 1 aliphatic rings. The molecule has 0 spiro atoms. The van der Waals surface area contributed by atoms with E-state index in [0.29, 0.717) is 17.3 Å². The van der Waals surface area contributed by atoms with Crippen molar-refractivity contribution in [3.8, 4) is 0 Å². The van der Waals surface area contributed by atoms with E-state index in [1.807, 2.05) is 42.3 Å². The second kappa shape index (κ2) is 8.57. The number of nitrogens with zero attached hydrogens (tertiary/aromatic N) is 1. The van der Waals surface area contributed by atoms with Crippen molar-refractivity contribution in [3.05, 3.63) is 65.7 Å². The Morgan fingerprint density at radius 1 is 1.00 bits per heavy atom. The summed E-state index contributed by atoms with van der Waals surface area (Å²) in [6.45, 7) is 1.69. The van der Waals surface area contributed by atoms with Crippen molar-refractivity contribution in [3.63, 3.8) is 0 Å². The number of carbonyl (C=O) groups is 2. The number of rotatable bonds is 5. The Labute approximate surface area is 166 Å². The molecule has 0 radical (unpaired) electrons. The Morgan fingerprint density at radius 2 is 1.61 bits per heavy atom. The summed E-state index contributed by atoms with van der Waals surface area (Å²) in [6, 6.07) is 16.6. The third kappa shape index (κ3) is 4.42. The molecule has 0 aliphatic heterocycles. The van der Waals surface area contributed by atoms with Crippen molar-refractivity contribution in [1.82, 2.24) is 4.90 Å². The topological polar surface area (TPSA) is 75.4 Å². The number of amides is 2. The largest absolute Gasteiger partial charge is 0.339 e. The van der Waals surface area contributed by atoms with E-state index in [0.717, 1.165) is 18.4 Å². The number of hydrogen-bond donors (Lipinski definition) is 2. The van der Waals surface area contributed by atoms with E-state index in [9.17, 15) is 9.59 Å². The summed E-state index contributed by atoms with van der Waals surface area (Å²) in [5.41, 5.74) is 7.11. The zero-order chi connectivity index (χ0) is 20.1. The Bertz CT molecular complexity index is 810. The van der Waals surface area contributed by atoms with Crippen LogP contribution in [0, 0.1) is 0 Å². The number of anilines is 1. The molecule has 0 bridgehead atoms. The molecule has 1 fully saturated rings. The molecule has 0 aromatic heterocycles. The van der Waals surface area contributed by atoms with Gasteiger partial charge in [-0.15, -0.1) is 0 Å². The van der Waals surface area contributed by atoms with Crippen LogP contribution in [0.5, 0.6) is 0 Å². The maximum atomic E-state index is 12.7. The molecule has 1 atom stereocenters. The lowest BCUT2D eigenvalue weighted by molar-refractivity contribution is -0.120. The summed E-state index contributed by atoms with van der Waals surface area (Å²) >= 11 is 0. The molecule has 1 saturated carbocycles. The second-order valence-electron chi connectivity index (χ2n) is 7.81. The zero-order valence-corrected chi connectivity index (χ0v) is 16.7. The van der Waals surface area contributed by atoms with E-state index < -0.39 is 5.54 Å². The van der Waals surface area contributed by atoms with E-state index in [-0.39, 0.29) is 11.8 Å². The fourth-order valence-corrected chi connectivity index (χ4v) is 3.71. The SMILES string of the molecule is CN(C(=O)c1ccc(NC(=O)C(C)(N)c2ccccc2)cc1)C1CCCCC1. The van der Waals surface area contributed by atoms with Gasteiger partial charge in [0.05, 0.1) is 0 Å². The number of nitrogens with one attached hydrogen (secondary N) is 1. The van der Waals surface area contributed by atoms with Crippen LogP contribution >= 0.6 is 0 Å². The van der Waals surface area contributed by atoms with Gasteiger partial charge < -0.3 is 16.0 Å². The van der Waals surface area contributed by atoms with E-state index in [2.05, 4.69) is 5.32 Å². The van der Waals surface area contributed by atoms with Gasteiger partial charge in [0.15, 0.2) is 0 Å². The van der Waals surface area contributed by atoms with Gasteiger partial charge in [-0.3, -0.25) is 9.59 Å². The van der Waals surface area contributed by atoms with Gasteiger partial charge in [-0.05, 0) is 49.6 Å². The van der Waals surface area contributed by atoms with Crippen molar-refractivity contribution in [2.75, 3.05) is 12.4 Å². The van der Waals surface area contributed by atoms with Crippen molar-refractivity contribution >= 4 is 17.5 Å². The van der Waals surface area contributed by atoms with Gasteiger partial charge in [-0.2, -0.15) is 0 Å². The normalized spacial score (nSPS) is 16.8. The summed E-state index contributed by atoms with van der Waals surface area (Å²) in [4.78, 5) is 27.3. The Balaban J connectivity index is 1.65. The van der Waals surface area contributed by atoms with Crippen LogP contribution in [-0.2, 0) is 10.3 Å². The molecule has 1 unspecified atom stereocenters. The van der Waals surface area contributed by atoms with Crippen LogP contribution in [-0.4, -0.2) is 29.8 Å². The molecule has 148 valence electrons. The maximum absolute atomic E-state index is 12.7. The predicted octanol–water partition coefficient (Wildman–Crippen LogP) is 3.90. The predicted molar refractivity (Wildman–Crippen MR) is 112 cm³/mol. The Morgan fingerprint density at radius 3 is 2.21 bits per heavy atom. The smallest absolute Gasteiger partial charge is 0.253 e. The first kappa shape index (κ1) is 20.1. The third-order valence-corrected chi connectivity index (χ3v) is 5.68. The van der Waals surface area contributed by atoms with Gasteiger partial charge in [0.25, 0.3) is 5.91 Å². The molecule has 5 nitrogen and oxygen atoms in total. The highest BCUT2D eigenvalue weighted by atomic mass is 16.2. The summed E-state index contributed by atoms with van der Waals surface area (Å²) in [6.07, 6.45) is 5.78. The number of benzene rings is 2. The average molecular weight is 380 g/mol. The van der Waals surface area contributed by atoms with E-state index in [1.54, 1.807) is 31.2 Å². The van der Waals surface area contributed by atoms with Crippen LogP contribution in [0.3, 0.4) is 0 Å². The highest BCUT2D eigenvalue weighted by Gasteiger charge is 2.30. The first-order valence-electron chi connectivity index (χ1n) is 9.92. The molecular weight excluding hydrogens is 350 g/mol. The van der Waals surface area contributed by atoms with Gasteiger partial charge in [-0.1, -0.05) is 49.6 Å². The van der Waals surface area contributed by atoms with E-state index in [4.69, 9.17) is 5.73 Å². The molecule has 2 aromatic carbocycles. The first-order chi connectivity index (χ1) is 13.4. The first-order valence-corrected chi connectivity index (χ1v) is 9.92. The lowest BCUT2D eigenvalue weighted by Crippen LogP contribution is -2.45. The van der Waals surface area contributed by atoms with Crippen molar-refractivity contribution in [1.29, 1.82) is 0 Å². The van der Waals surface area contributed by atoms with Crippen molar-refractivity contribution in [2.24, 2.45) is 5.73 Å². The van der Waals surface area contributed by atoms with Gasteiger partial charge in [0.1, 0.15) is 5.54 Å². The fourth-order valence-electron chi connectivity index (χ4n) is 3.71. The van der Waals surface area contributed by atoms with Crippen LogP contribution in [0.2, 0.25) is 0 Å². The van der Waals surface area contributed by atoms with Crippen LogP contribution in [0.15, 0.2) is 54.6 Å². The summed E-state index contributed by atoms with van der Waals surface area (Å²) in [5, 5.41) is 2.85. The number of carbonyl (C=O) groups excluding carboxylic acids is 2. The van der Waals surface area contributed by atoms with Crippen LogP contribution in [0.4, 0.5) is 5.69 Å². The third-order valence-electron chi connectivity index (χ3n) is 5.68. The number of nitrogens with two attached hydrogens (primary N) is 1. The summed E-state index contributed by atoms with van der Waals surface area (Å²) in [7, 11) is 1.88. The number of hydrogen-bond acceptors (Lipinski definition) is 3. The molecule has 3 rings (SSSR count). The average Bonchev–Trinajstić information content (AvgIpc) is 2.74. The second-order valence-corrected chi connectivity index (χ2v) is 7.81. The monoisotopic (exact) mass is 379 g/mol. The molecule has 2 amide bonds. The highest BCUT2D eigenvalue weighted by Crippen LogP contribution is 2.24. The van der Waals surface area contributed by atoms with E-state index >= 15 is 0 Å². The Hall–Kier alpha value is -2.66. The highest BCUT2D eigenvalue weighted by molar-refractivity contribution is 5.99. The molecule has 2 aromatic rings. The molecule has 3 N–H and O–H groups in total. The van der Waals surface area contributed by atoms with Crippen LogP contribution < -0.4 is 11.1 Å². The maximum Gasteiger partial charge on any atom is 0.253 e. The van der Waals surface area contributed by atoms with Gasteiger partial charge in [0, 0.05) is 24.3 Å². The molecule has 0 saturated heterocycles. The fraction of sp³-hybridized carbons (Fsp3) is 0.391. The summed E-state index contributed by atoms with van der Waals surface area (Å²) in [5.74, 6) is -0.269. The van der Waals surface area contributed by atoms with Crippen LogP contribution in [0.25, 0.3) is 0 Å². The van der Waals surface area contributed by atoms with E-state index in [1.165, 1.54) is 19.3 Å². The molecular formula is C23H29N3O2. The minimum absolute atomic E-state index is 0.0257. The van der Waals surface area contributed by atoms with Crippen molar-refractivity contribution < 1.29 is 9.59 Å². The van der Waals surface area contributed by atoms with Gasteiger partial charge in [-0.25, -0.2) is 0 Å². The molecule has 0 heterocycles. The lowest BCUT2D eigenvalue weighted by atomic mass is 9.92. The molecule has 28 heavy (non-hydrogen) atoms. The lowest BCUT2D eigenvalue weighted by Gasteiger charge is -2.31. The summed E-state index contributed by atoms with van der Waals surface area (Å²) < 4.78 is 0. The molecule has 5 heteroatoms. The van der Waals surface area contributed by atoms with Gasteiger partial charge in [0.2, 0.25) is 5.91 Å². The standard InChI is InChI=1S/C23H29N3O2/c1-23(24,18-9-5-3-6-10-18)22(28)25-19-15-13-17(14-16-19)21(27)26(2)20-11-7-4-8-12-20/h3,5-6,9-10,13-16,20H,4,7-8,11-12,24H2,1-2H3,(H,25,28). The van der Waals surface area contributed by atoms with Crippen molar-refractivity contribution in [2.45, 2.75) is 50.6 Å². The Kier molecular flexibility index (Phi) is 6.15. The molecule has 1 aliphatic carbocycles. The zero-order valence-electron chi connectivity index (χ0n) is 16.7. The van der Waals surface area contributed by atoms with Gasteiger partial charge >= 0.3 is 0 Å². The minimum Gasteiger partial charge on any atom is -0.339 e. The quantitative estimate of drug-likeness (QED) is 0.827. The minimum atomic E-state index is -1.14. The van der Waals surface area contributed by atoms with Crippen LogP contribution in [0.1, 0.15) is 54.9 Å².